The molecule has 1 aliphatic rings. The second kappa shape index (κ2) is 7.20. The average Bonchev–Trinajstić information content (AvgIpc) is 3.10. The number of aryl methyl sites for hydroxylation is 4. The van der Waals surface area contributed by atoms with E-state index in [1.54, 1.807) is 0 Å². The lowest BCUT2D eigenvalue weighted by molar-refractivity contribution is -0.135. The lowest BCUT2D eigenvalue weighted by Gasteiger charge is -2.36. The van der Waals surface area contributed by atoms with E-state index in [0.29, 0.717) is 13.0 Å². The number of carbonyl (C=O) groups is 1. The molecule has 24 heavy (non-hydrogen) atoms. The van der Waals surface area contributed by atoms with Gasteiger partial charge in [-0.2, -0.15) is 10.2 Å². The Kier molecular flexibility index (Phi) is 5.02. The first-order valence-electron chi connectivity index (χ1n) is 8.82. The van der Waals surface area contributed by atoms with Gasteiger partial charge >= 0.3 is 0 Å². The zero-order chi connectivity index (χ0) is 17.1. The standard InChI is InChI=1S/C18H27N5O/c1-14-11-19-21(12-14)13-17-6-4-5-8-22(17)18(24)7-9-23-16(3)10-15(2)20-23/h10-12,17H,4-9,13H2,1-3H3/t17-/m1/s1. The maximum absolute atomic E-state index is 12.8. The van der Waals surface area contributed by atoms with Gasteiger partial charge in [0.15, 0.2) is 0 Å². The van der Waals surface area contributed by atoms with Gasteiger partial charge < -0.3 is 4.90 Å². The van der Waals surface area contributed by atoms with Crippen molar-refractivity contribution in [3.63, 3.8) is 0 Å². The lowest BCUT2D eigenvalue weighted by atomic mass is 10.0. The second-order valence-electron chi connectivity index (χ2n) is 6.88. The van der Waals surface area contributed by atoms with Crippen molar-refractivity contribution in [2.45, 2.75) is 65.6 Å². The molecule has 1 atom stereocenters. The summed E-state index contributed by atoms with van der Waals surface area (Å²) < 4.78 is 3.90. The van der Waals surface area contributed by atoms with Crippen molar-refractivity contribution >= 4 is 5.91 Å². The molecule has 3 heterocycles. The van der Waals surface area contributed by atoms with Gasteiger partial charge in [0, 0.05) is 31.4 Å². The quantitative estimate of drug-likeness (QED) is 0.847. The maximum atomic E-state index is 12.8. The Balaban J connectivity index is 1.61. The Morgan fingerprint density at radius 1 is 1.29 bits per heavy atom. The van der Waals surface area contributed by atoms with Crippen LogP contribution >= 0.6 is 0 Å². The van der Waals surface area contributed by atoms with Crippen molar-refractivity contribution in [2.24, 2.45) is 0 Å². The molecule has 1 saturated heterocycles. The van der Waals surface area contributed by atoms with Crippen LogP contribution in [0.2, 0.25) is 0 Å². The normalized spacial score (nSPS) is 18.1. The van der Waals surface area contributed by atoms with E-state index in [4.69, 9.17) is 0 Å². The molecule has 0 aromatic carbocycles. The van der Waals surface area contributed by atoms with Gasteiger partial charge in [-0.1, -0.05) is 0 Å². The molecule has 1 aliphatic heterocycles. The van der Waals surface area contributed by atoms with Gasteiger partial charge in [-0.05, 0) is 51.7 Å². The molecule has 2 aromatic heterocycles. The third-order valence-corrected chi connectivity index (χ3v) is 4.75. The van der Waals surface area contributed by atoms with Crippen molar-refractivity contribution in [3.05, 3.63) is 35.4 Å². The average molecular weight is 329 g/mol. The van der Waals surface area contributed by atoms with Gasteiger partial charge in [-0.25, -0.2) is 0 Å². The highest BCUT2D eigenvalue weighted by Gasteiger charge is 2.27. The summed E-state index contributed by atoms with van der Waals surface area (Å²) in [5.41, 5.74) is 3.28. The fraction of sp³-hybridized carbons (Fsp3) is 0.611. The van der Waals surface area contributed by atoms with Crippen LogP contribution in [-0.2, 0) is 17.9 Å². The van der Waals surface area contributed by atoms with E-state index in [-0.39, 0.29) is 11.9 Å². The lowest BCUT2D eigenvalue weighted by Crippen LogP contribution is -2.46. The fourth-order valence-corrected chi connectivity index (χ4v) is 3.55. The van der Waals surface area contributed by atoms with Gasteiger partial charge in [0.1, 0.15) is 0 Å². The smallest absolute Gasteiger partial charge is 0.224 e. The molecule has 0 saturated carbocycles. The van der Waals surface area contributed by atoms with Gasteiger partial charge in [-0.15, -0.1) is 0 Å². The minimum absolute atomic E-state index is 0.233. The third-order valence-electron chi connectivity index (χ3n) is 4.75. The molecular weight excluding hydrogens is 302 g/mol. The first kappa shape index (κ1) is 16.7. The summed E-state index contributed by atoms with van der Waals surface area (Å²) in [6.07, 6.45) is 7.78. The van der Waals surface area contributed by atoms with Gasteiger partial charge in [0.05, 0.1) is 24.5 Å². The van der Waals surface area contributed by atoms with Crippen molar-refractivity contribution < 1.29 is 4.79 Å². The molecular formula is C18H27N5O. The van der Waals surface area contributed by atoms with E-state index in [9.17, 15) is 4.79 Å². The zero-order valence-corrected chi connectivity index (χ0v) is 14.9. The maximum Gasteiger partial charge on any atom is 0.224 e. The molecule has 6 heteroatoms. The SMILES string of the molecule is Cc1cnn(C[C@H]2CCCCN2C(=O)CCn2nc(C)cc2C)c1. The summed E-state index contributed by atoms with van der Waals surface area (Å²) in [5.74, 6) is 0.233. The van der Waals surface area contributed by atoms with Crippen molar-refractivity contribution in [1.82, 2.24) is 24.5 Å². The summed E-state index contributed by atoms with van der Waals surface area (Å²) in [5, 5.41) is 8.82. The molecule has 3 rings (SSSR count). The summed E-state index contributed by atoms with van der Waals surface area (Å²) in [7, 11) is 0. The Morgan fingerprint density at radius 2 is 2.12 bits per heavy atom. The summed E-state index contributed by atoms with van der Waals surface area (Å²) in [4.78, 5) is 14.8. The minimum atomic E-state index is 0.233. The molecule has 0 spiro atoms. The van der Waals surface area contributed by atoms with Crippen LogP contribution in [0.4, 0.5) is 0 Å². The van der Waals surface area contributed by atoms with Crippen molar-refractivity contribution in [2.75, 3.05) is 6.54 Å². The number of rotatable bonds is 5. The molecule has 1 fully saturated rings. The number of carbonyl (C=O) groups excluding carboxylic acids is 1. The molecule has 0 N–H and O–H groups in total. The minimum Gasteiger partial charge on any atom is -0.338 e. The van der Waals surface area contributed by atoms with E-state index < -0.39 is 0 Å². The van der Waals surface area contributed by atoms with Gasteiger partial charge in [-0.3, -0.25) is 14.2 Å². The van der Waals surface area contributed by atoms with Crippen LogP contribution in [0.5, 0.6) is 0 Å². The van der Waals surface area contributed by atoms with E-state index in [0.717, 1.165) is 42.9 Å². The summed E-state index contributed by atoms with van der Waals surface area (Å²) in [6, 6.07) is 2.31. The monoisotopic (exact) mass is 329 g/mol. The molecule has 0 radical (unpaired) electrons. The number of hydrogen-bond donors (Lipinski definition) is 0. The summed E-state index contributed by atoms with van der Waals surface area (Å²) >= 11 is 0. The van der Waals surface area contributed by atoms with E-state index in [2.05, 4.69) is 15.1 Å². The summed E-state index contributed by atoms with van der Waals surface area (Å²) in [6.45, 7) is 8.37. The Labute approximate surface area is 143 Å². The number of amides is 1. The highest BCUT2D eigenvalue weighted by molar-refractivity contribution is 5.76. The Bertz CT molecular complexity index is 702. The Hall–Kier alpha value is -2.11. The van der Waals surface area contributed by atoms with Crippen molar-refractivity contribution in [1.29, 1.82) is 0 Å². The largest absolute Gasteiger partial charge is 0.338 e. The van der Waals surface area contributed by atoms with Crippen LogP contribution in [-0.4, -0.2) is 43.0 Å². The predicted octanol–water partition coefficient (Wildman–Crippen LogP) is 2.48. The van der Waals surface area contributed by atoms with Crippen LogP contribution in [0.1, 0.15) is 42.6 Å². The first-order chi connectivity index (χ1) is 11.5. The van der Waals surface area contributed by atoms with Crippen LogP contribution in [0, 0.1) is 20.8 Å². The van der Waals surface area contributed by atoms with Crippen LogP contribution in [0.25, 0.3) is 0 Å². The van der Waals surface area contributed by atoms with E-state index >= 15 is 0 Å². The Morgan fingerprint density at radius 3 is 2.79 bits per heavy atom. The van der Waals surface area contributed by atoms with E-state index in [1.807, 2.05) is 48.6 Å². The third kappa shape index (κ3) is 3.86. The first-order valence-corrected chi connectivity index (χ1v) is 8.82. The molecule has 2 aromatic rings. The predicted molar refractivity (Wildman–Crippen MR) is 92.6 cm³/mol. The van der Waals surface area contributed by atoms with Crippen LogP contribution in [0.15, 0.2) is 18.5 Å². The van der Waals surface area contributed by atoms with E-state index in [1.165, 1.54) is 6.42 Å². The molecule has 1 amide bonds. The molecule has 0 aliphatic carbocycles. The number of piperidine rings is 1. The number of nitrogens with zero attached hydrogens (tertiary/aromatic N) is 5. The second-order valence-corrected chi connectivity index (χ2v) is 6.88. The highest BCUT2D eigenvalue weighted by atomic mass is 16.2. The van der Waals surface area contributed by atoms with Gasteiger partial charge in [0.2, 0.25) is 5.91 Å². The van der Waals surface area contributed by atoms with Crippen LogP contribution < -0.4 is 0 Å². The number of aromatic nitrogens is 4. The zero-order valence-electron chi connectivity index (χ0n) is 14.9. The topological polar surface area (TPSA) is 56.0 Å². The molecule has 0 bridgehead atoms. The molecule has 130 valence electrons. The van der Waals surface area contributed by atoms with Crippen molar-refractivity contribution in [3.8, 4) is 0 Å². The van der Waals surface area contributed by atoms with Crippen LogP contribution in [0.3, 0.4) is 0 Å². The highest BCUT2D eigenvalue weighted by Crippen LogP contribution is 2.20. The number of hydrogen-bond acceptors (Lipinski definition) is 3. The fourth-order valence-electron chi connectivity index (χ4n) is 3.55. The van der Waals surface area contributed by atoms with Gasteiger partial charge in [0.25, 0.3) is 0 Å². The number of likely N-dealkylation sites (tertiary alicyclic amines) is 1. The molecule has 6 nitrogen and oxygen atoms in total. The molecule has 0 unspecified atom stereocenters.